The zero-order valence-electron chi connectivity index (χ0n) is 12.5. The Kier molecular flexibility index (Phi) is 5.70. The number of nitrogens with zero attached hydrogens (tertiary/aromatic N) is 2. The third kappa shape index (κ3) is 4.04. The molecule has 0 aliphatic rings. The molecule has 1 N–H and O–H groups in total. The van der Waals surface area contributed by atoms with Crippen LogP contribution in [0.1, 0.15) is 58.7 Å². The molecule has 18 heavy (non-hydrogen) atoms. The average molecular weight is 252 g/mol. The number of hydrogen-bond acceptors (Lipinski definition) is 2. The summed E-state index contributed by atoms with van der Waals surface area (Å²) in [4.78, 5) is 0. The van der Waals surface area contributed by atoms with Gasteiger partial charge in [-0.05, 0) is 31.1 Å². The maximum Gasteiger partial charge on any atom is 0.233 e. The highest BCUT2D eigenvalue weighted by Crippen LogP contribution is 2.25. The van der Waals surface area contributed by atoms with Gasteiger partial charge >= 0.3 is 0 Å². The lowest BCUT2D eigenvalue weighted by Gasteiger charge is -2.12. The molecule has 3 nitrogen and oxygen atoms in total. The minimum Gasteiger partial charge on any atom is -0.492 e. The zero-order valence-corrected chi connectivity index (χ0v) is 12.5. The van der Waals surface area contributed by atoms with Crippen molar-refractivity contribution in [2.24, 2.45) is 11.8 Å². The van der Waals surface area contributed by atoms with Gasteiger partial charge in [0.1, 0.15) is 0 Å². The maximum absolute atomic E-state index is 10.0. The van der Waals surface area contributed by atoms with Gasteiger partial charge in [-0.15, -0.1) is 5.10 Å². The SMILES string of the molecule is CCCCc1c(CC(C)C)c(O)nn1CC(C)C. The average Bonchev–Trinajstić information content (AvgIpc) is 2.51. The molecule has 0 radical (unpaired) electrons. The molecule has 0 saturated heterocycles. The van der Waals surface area contributed by atoms with Crippen LogP contribution in [0.15, 0.2) is 0 Å². The molecular weight excluding hydrogens is 224 g/mol. The molecular formula is C15H28N2O. The van der Waals surface area contributed by atoms with Crippen molar-refractivity contribution in [1.82, 2.24) is 9.78 Å². The van der Waals surface area contributed by atoms with Gasteiger partial charge < -0.3 is 5.11 Å². The van der Waals surface area contributed by atoms with Gasteiger partial charge in [0.15, 0.2) is 0 Å². The Morgan fingerprint density at radius 1 is 1.17 bits per heavy atom. The third-order valence-electron chi connectivity index (χ3n) is 3.06. The molecule has 0 aliphatic carbocycles. The molecule has 0 unspecified atom stereocenters. The lowest BCUT2D eigenvalue weighted by Crippen LogP contribution is -2.11. The first-order valence-corrected chi connectivity index (χ1v) is 7.23. The smallest absolute Gasteiger partial charge is 0.233 e. The van der Waals surface area contributed by atoms with E-state index in [1.54, 1.807) is 0 Å². The van der Waals surface area contributed by atoms with E-state index in [0.717, 1.165) is 31.4 Å². The first kappa shape index (κ1) is 15.1. The summed E-state index contributed by atoms with van der Waals surface area (Å²) in [6, 6.07) is 0. The molecule has 1 aromatic heterocycles. The van der Waals surface area contributed by atoms with Gasteiger partial charge in [0, 0.05) is 17.8 Å². The van der Waals surface area contributed by atoms with E-state index in [1.165, 1.54) is 12.1 Å². The van der Waals surface area contributed by atoms with Crippen LogP contribution in [0.25, 0.3) is 0 Å². The fourth-order valence-electron chi connectivity index (χ4n) is 2.26. The summed E-state index contributed by atoms with van der Waals surface area (Å²) in [5.41, 5.74) is 2.32. The van der Waals surface area contributed by atoms with Crippen molar-refractivity contribution in [1.29, 1.82) is 0 Å². The highest BCUT2D eigenvalue weighted by molar-refractivity contribution is 5.31. The van der Waals surface area contributed by atoms with E-state index in [1.807, 2.05) is 4.68 Å². The molecule has 104 valence electrons. The van der Waals surface area contributed by atoms with Crippen LogP contribution >= 0.6 is 0 Å². The van der Waals surface area contributed by atoms with Gasteiger partial charge in [-0.3, -0.25) is 4.68 Å². The predicted molar refractivity (Wildman–Crippen MR) is 75.9 cm³/mol. The summed E-state index contributed by atoms with van der Waals surface area (Å²) in [7, 11) is 0. The van der Waals surface area contributed by atoms with Crippen molar-refractivity contribution in [2.75, 3.05) is 0 Å². The zero-order chi connectivity index (χ0) is 13.7. The fourth-order valence-corrected chi connectivity index (χ4v) is 2.26. The van der Waals surface area contributed by atoms with E-state index in [2.05, 4.69) is 39.7 Å². The van der Waals surface area contributed by atoms with Crippen molar-refractivity contribution in [3.8, 4) is 5.88 Å². The Hall–Kier alpha value is -0.990. The van der Waals surface area contributed by atoms with Crippen LogP contribution in [-0.2, 0) is 19.4 Å². The Balaban J connectivity index is 3.01. The minimum absolute atomic E-state index is 0.246. The van der Waals surface area contributed by atoms with E-state index < -0.39 is 0 Å². The Morgan fingerprint density at radius 3 is 2.33 bits per heavy atom. The topological polar surface area (TPSA) is 38.1 Å². The molecule has 1 heterocycles. The monoisotopic (exact) mass is 252 g/mol. The van der Waals surface area contributed by atoms with Crippen LogP contribution in [0.5, 0.6) is 5.88 Å². The van der Waals surface area contributed by atoms with Crippen LogP contribution in [0.2, 0.25) is 0 Å². The third-order valence-corrected chi connectivity index (χ3v) is 3.06. The lowest BCUT2D eigenvalue weighted by molar-refractivity contribution is 0.413. The van der Waals surface area contributed by atoms with Crippen LogP contribution in [0, 0.1) is 11.8 Å². The second kappa shape index (κ2) is 6.81. The molecule has 0 bridgehead atoms. The molecule has 3 heteroatoms. The van der Waals surface area contributed by atoms with E-state index in [4.69, 9.17) is 0 Å². The van der Waals surface area contributed by atoms with E-state index in [9.17, 15) is 5.11 Å². The van der Waals surface area contributed by atoms with Gasteiger partial charge in [-0.2, -0.15) is 0 Å². The van der Waals surface area contributed by atoms with E-state index in [-0.39, 0.29) is 5.88 Å². The van der Waals surface area contributed by atoms with Crippen molar-refractivity contribution in [3.63, 3.8) is 0 Å². The highest BCUT2D eigenvalue weighted by Gasteiger charge is 2.18. The summed E-state index contributed by atoms with van der Waals surface area (Å²) in [5, 5.41) is 14.4. The summed E-state index contributed by atoms with van der Waals surface area (Å²) >= 11 is 0. The Labute approximate surface area is 111 Å². The second-order valence-corrected chi connectivity index (χ2v) is 6.03. The molecule has 0 spiro atoms. The molecule has 0 fully saturated rings. The van der Waals surface area contributed by atoms with Gasteiger partial charge in [-0.1, -0.05) is 41.0 Å². The first-order valence-electron chi connectivity index (χ1n) is 7.23. The van der Waals surface area contributed by atoms with Crippen molar-refractivity contribution >= 4 is 0 Å². The van der Waals surface area contributed by atoms with Crippen LogP contribution in [0.3, 0.4) is 0 Å². The fraction of sp³-hybridized carbons (Fsp3) is 0.800. The normalized spacial score (nSPS) is 11.7. The number of unbranched alkanes of at least 4 members (excludes halogenated alkanes) is 1. The standard InChI is InChI=1S/C15H28N2O/c1-6-7-8-14-13(9-11(2)3)15(18)16-17(14)10-12(4)5/h11-12H,6-10H2,1-5H3,(H,16,18). The molecule has 0 amide bonds. The number of aromatic nitrogens is 2. The summed E-state index contributed by atoms with van der Waals surface area (Å²) in [5.74, 6) is 1.35. The second-order valence-electron chi connectivity index (χ2n) is 6.03. The molecule has 0 atom stereocenters. The van der Waals surface area contributed by atoms with Crippen LogP contribution < -0.4 is 0 Å². The summed E-state index contributed by atoms with van der Waals surface area (Å²) < 4.78 is 2.02. The van der Waals surface area contributed by atoms with Gasteiger partial charge in [0.25, 0.3) is 0 Å². The van der Waals surface area contributed by atoms with Crippen LogP contribution in [0.4, 0.5) is 0 Å². The number of rotatable bonds is 7. The van der Waals surface area contributed by atoms with Gasteiger partial charge in [-0.25, -0.2) is 0 Å². The van der Waals surface area contributed by atoms with Crippen molar-refractivity contribution in [3.05, 3.63) is 11.3 Å². The highest BCUT2D eigenvalue weighted by atomic mass is 16.3. The summed E-state index contributed by atoms with van der Waals surface area (Å²) in [6.45, 7) is 11.8. The van der Waals surface area contributed by atoms with Gasteiger partial charge in [0.2, 0.25) is 5.88 Å². The molecule has 0 aromatic carbocycles. The molecule has 0 aliphatic heterocycles. The first-order chi connectivity index (χ1) is 8.45. The number of aromatic hydroxyl groups is 1. The molecule has 0 saturated carbocycles. The Bertz CT molecular complexity index is 367. The maximum atomic E-state index is 10.0. The van der Waals surface area contributed by atoms with Gasteiger partial charge in [0.05, 0.1) is 0 Å². The predicted octanol–water partition coefficient (Wildman–Crippen LogP) is 3.79. The Morgan fingerprint density at radius 2 is 1.83 bits per heavy atom. The quantitative estimate of drug-likeness (QED) is 0.802. The molecule has 1 rings (SSSR count). The lowest BCUT2D eigenvalue weighted by atomic mass is 10.0. The summed E-state index contributed by atoms with van der Waals surface area (Å²) in [6.07, 6.45) is 4.28. The molecule has 1 aromatic rings. The van der Waals surface area contributed by atoms with Crippen molar-refractivity contribution < 1.29 is 5.11 Å². The largest absolute Gasteiger partial charge is 0.492 e. The number of hydrogen-bond donors (Lipinski definition) is 1. The van der Waals surface area contributed by atoms with Crippen molar-refractivity contribution in [2.45, 2.75) is 66.8 Å². The van der Waals surface area contributed by atoms with E-state index >= 15 is 0 Å². The van der Waals surface area contributed by atoms with E-state index in [0.29, 0.717) is 11.8 Å². The minimum atomic E-state index is 0.246. The van der Waals surface area contributed by atoms with Crippen LogP contribution in [-0.4, -0.2) is 14.9 Å².